The minimum Gasteiger partial charge on any atom is -0.409 e. The molecule has 1 aromatic carbocycles. The lowest BCUT2D eigenvalue weighted by Crippen LogP contribution is -2.48. The Bertz CT molecular complexity index is 437. The third kappa shape index (κ3) is 3.68. The van der Waals surface area contributed by atoms with Crippen LogP contribution in [-0.2, 0) is 11.3 Å². The molecule has 0 aromatic heterocycles. The highest BCUT2D eigenvalue weighted by Gasteiger charge is 2.26. The Balaban J connectivity index is 1.92. The highest BCUT2D eigenvalue weighted by molar-refractivity contribution is 5.96. The Labute approximate surface area is 113 Å². The second-order valence-corrected chi connectivity index (χ2v) is 5.25. The van der Waals surface area contributed by atoms with Crippen LogP contribution < -0.4 is 11.1 Å². The molecule has 1 aliphatic rings. The first-order valence-corrected chi connectivity index (χ1v) is 6.53. The topological polar surface area (TPSA) is 79.9 Å². The van der Waals surface area contributed by atoms with E-state index in [-0.39, 0.29) is 11.4 Å². The second-order valence-electron chi connectivity index (χ2n) is 5.25. The highest BCUT2D eigenvalue weighted by Crippen LogP contribution is 2.19. The average Bonchev–Trinajstić information content (AvgIpc) is 2.46. The lowest BCUT2D eigenvalue weighted by molar-refractivity contribution is 0.0278. The van der Waals surface area contributed by atoms with Crippen LogP contribution >= 0.6 is 0 Å². The van der Waals surface area contributed by atoms with Crippen LogP contribution in [0, 0.1) is 0 Å². The van der Waals surface area contributed by atoms with Gasteiger partial charge in [0, 0.05) is 24.3 Å². The average molecular weight is 263 g/mol. The Morgan fingerprint density at radius 2 is 2.21 bits per heavy atom. The van der Waals surface area contributed by atoms with Crippen molar-refractivity contribution >= 4 is 5.84 Å². The molecule has 0 saturated carbocycles. The van der Waals surface area contributed by atoms with Gasteiger partial charge in [0.25, 0.3) is 0 Å². The van der Waals surface area contributed by atoms with Crippen molar-refractivity contribution in [3.63, 3.8) is 0 Å². The lowest BCUT2D eigenvalue weighted by Gasteiger charge is -2.34. The standard InChI is InChI=1S/C14H21N3O2/c1-14(7-2-8-19-10-14)16-9-11-3-5-12(6-4-11)13(15)17-18/h3-6,16,18H,2,7-10H2,1H3,(H2,15,17). The second kappa shape index (κ2) is 6.04. The maximum Gasteiger partial charge on any atom is 0.170 e. The number of nitrogens with one attached hydrogen (secondary N) is 1. The molecule has 0 bridgehead atoms. The van der Waals surface area contributed by atoms with Gasteiger partial charge in [0.05, 0.1) is 6.61 Å². The van der Waals surface area contributed by atoms with E-state index in [0.717, 1.165) is 38.2 Å². The van der Waals surface area contributed by atoms with Crippen LogP contribution in [0.15, 0.2) is 29.4 Å². The van der Waals surface area contributed by atoms with Gasteiger partial charge >= 0.3 is 0 Å². The van der Waals surface area contributed by atoms with Crippen molar-refractivity contribution in [3.05, 3.63) is 35.4 Å². The summed E-state index contributed by atoms with van der Waals surface area (Å²) in [6, 6.07) is 7.67. The van der Waals surface area contributed by atoms with Crippen molar-refractivity contribution in [2.24, 2.45) is 10.9 Å². The monoisotopic (exact) mass is 263 g/mol. The van der Waals surface area contributed by atoms with Crippen molar-refractivity contribution in [2.45, 2.75) is 31.8 Å². The maximum absolute atomic E-state index is 8.60. The number of oxime groups is 1. The van der Waals surface area contributed by atoms with Gasteiger partial charge in [-0.1, -0.05) is 29.4 Å². The van der Waals surface area contributed by atoms with Gasteiger partial charge in [0.2, 0.25) is 0 Å². The van der Waals surface area contributed by atoms with Crippen LogP contribution in [0.4, 0.5) is 0 Å². The van der Waals surface area contributed by atoms with Gasteiger partial charge in [-0.15, -0.1) is 0 Å². The van der Waals surface area contributed by atoms with E-state index in [1.807, 2.05) is 24.3 Å². The molecule has 2 rings (SSSR count). The summed E-state index contributed by atoms with van der Waals surface area (Å²) in [6.45, 7) is 4.61. The molecule has 5 nitrogen and oxygen atoms in total. The smallest absolute Gasteiger partial charge is 0.170 e. The third-order valence-electron chi connectivity index (χ3n) is 3.51. The number of benzene rings is 1. The molecule has 0 amide bonds. The summed E-state index contributed by atoms with van der Waals surface area (Å²) in [5, 5.41) is 15.1. The van der Waals surface area contributed by atoms with Crippen molar-refractivity contribution in [1.82, 2.24) is 5.32 Å². The fourth-order valence-corrected chi connectivity index (χ4v) is 2.24. The molecule has 1 fully saturated rings. The number of ether oxygens (including phenoxy) is 1. The number of amidine groups is 1. The quantitative estimate of drug-likeness (QED) is 0.332. The van der Waals surface area contributed by atoms with Crippen molar-refractivity contribution in [2.75, 3.05) is 13.2 Å². The predicted octanol–water partition coefficient (Wildman–Crippen LogP) is 1.44. The molecule has 1 atom stereocenters. The normalized spacial score (nSPS) is 24.4. The summed E-state index contributed by atoms with van der Waals surface area (Å²) < 4.78 is 5.52. The number of hydrogen-bond donors (Lipinski definition) is 3. The molecule has 104 valence electrons. The molecule has 0 aliphatic carbocycles. The van der Waals surface area contributed by atoms with E-state index in [2.05, 4.69) is 17.4 Å². The molecular weight excluding hydrogens is 242 g/mol. The molecule has 19 heavy (non-hydrogen) atoms. The van der Waals surface area contributed by atoms with Crippen molar-refractivity contribution in [3.8, 4) is 0 Å². The van der Waals surface area contributed by atoms with Gasteiger partial charge in [0.15, 0.2) is 5.84 Å². The fourth-order valence-electron chi connectivity index (χ4n) is 2.24. The van der Waals surface area contributed by atoms with Crippen LogP contribution in [0.5, 0.6) is 0 Å². The van der Waals surface area contributed by atoms with E-state index in [0.29, 0.717) is 0 Å². The summed E-state index contributed by atoms with van der Waals surface area (Å²) in [5.41, 5.74) is 7.47. The molecule has 1 aromatic rings. The molecular formula is C14H21N3O2. The Kier molecular flexibility index (Phi) is 4.39. The molecule has 4 N–H and O–H groups in total. The molecule has 1 unspecified atom stereocenters. The summed E-state index contributed by atoms with van der Waals surface area (Å²) in [6.07, 6.45) is 2.24. The number of nitrogens with zero attached hydrogens (tertiary/aromatic N) is 1. The molecule has 0 spiro atoms. The van der Waals surface area contributed by atoms with Crippen LogP contribution in [0.3, 0.4) is 0 Å². The first-order chi connectivity index (χ1) is 9.13. The zero-order chi connectivity index (χ0) is 13.7. The largest absolute Gasteiger partial charge is 0.409 e. The number of nitrogens with two attached hydrogens (primary N) is 1. The molecule has 0 radical (unpaired) electrons. The Morgan fingerprint density at radius 1 is 1.47 bits per heavy atom. The van der Waals surface area contributed by atoms with E-state index < -0.39 is 0 Å². The highest BCUT2D eigenvalue weighted by atomic mass is 16.5. The zero-order valence-corrected chi connectivity index (χ0v) is 11.2. The van der Waals surface area contributed by atoms with Crippen molar-refractivity contribution < 1.29 is 9.94 Å². The van der Waals surface area contributed by atoms with E-state index in [9.17, 15) is 0 Å². The molecule has 1 saturated heterocycles. The number of hydrogen-bond acceptors (Lipinski definition) is 4. The van der Waals surface area contributed by atoms with E-state index in [1.165, 1.54) is 5.56 Å². The van der Waals surface area contributed by atoms with Gasteiger partial charge in [0.1, 0.15) is 0 Å². The Hall–Kier alpha value is -1.59. The van der Waals surface area contributed by atoms with Gasteiger partial charge in [-0.2, -0.15) is 0 Å². The van der Waals surface area contributed by atoms with Gasteiger partial charge in [-0.3, -0.25) is 0 Å². The summed E-state index contributed by atoms with van der Waals surface area (Å²) in [5.74, 6) is 0.132. The third-order valence-corrected chi connectivity index (χ3v) is 3.51. The minimum atomic E-state index is 0.0580. The predicted molar refractivity (Wildman–Crippen MR) is 74.3 cm³/mol. The SMILES string of the molecule is CC1(NCc2ccc(/C(N)=N/O)cc2)CCCOC1. The van der Waals surface area contributed by atoms with Crippen LogP contribution in [0.25, 0.3) is 0 Å². The first kappa shape index (κ1) is 13.8. The van der Waals surface area contributed by atoms with E-state index in [1.54, 1.807) is 0 Å². The zero-order valence-electron chi connectivity index (χ0n) is 11.2. The minimum absolute atomic E-state index is 0.0580. The van der Waals surface area contributed by atoms with E-state index >= 15 is 0 Å². The lowest BCUT2D eigenvalue weighted by atomic mass is 9.94. The van der Waals surface area contributed by atoms with E-state index in [4.69, 9.17) is 15.7 Å². The first-order valence-electron chi connectivity index (χ1n) is 6.53. The maximum atomic E-state index is 8.60. The van der Waals surface area contributed by atoms with Crippen LogP contribution in [-0.4, -0.2) is 29.8 Å². The van der Waals surface area contributed by atoms with Gasteiger partial charge in [-0.05, 0) is 25.3 Å². The van der Waals surface area contributed by atoms with Crippen LogP contribution in [0.1, 0.15) is 30.9 Å². The molecule has 5 heteroatoms. The summed E-state index contributed by atoms with van der Waals surface area (Å²) in [4.78, 5) is 0. The van der Waals surface area contributed by atoms with Gasteiger partial charge in [-0.25, -0.2) is 0 Å². The van der Waals surface area contributed by atoms with Crippen molar-refractivity contribution in [1.29, 1.82) is 0 Å². The van der Waals surface area contributed by atoms with Crippen LogP contribution in [0.2, 0.25) is 0 Å². The molecule has 1 heterocycles. The summed E-state index contributed by atoms with van der Waals surface area (Å²) in [7, 11) is 0. The fraction of sp³-hybridized carbons (Fsp3) is 0.500. The number of rotatable bonds is 4. The van der Waals surface area contributed by atoms with Gasteiger partial charge < -0.3 is 21.0 Å². The molecule has 1 aliphatic heterocycles. The summed E-state index contributed by atoms with van der Waals surface area (Å²) >= 11 is 0. The Morgan fingerprint density at radius 3 is 2.79 bits per heavy atom.